The molecule has 1 aromatic rings. The third-order valence-electron chi connectivity index (χ3n) is 1.64. The Balaban J connectivity index is 2.94. The maximum atomic E-state index is 11.2. The summed E-state index contributed by atoms with van der Waals surface area (Å²) in [5.74, 6) is -2.20. The summed E-state index contributed by atoms with van der Waals surface area (Å²) >= 11 is 0. The predicted octanol–water partition coefficient (Wildman–Crippen LogP) is -1.86. The van der Waals surface area contributed by atoms with Crippen LogP contribution in [-0.2, 0) is 11.3 Å². The lowest BCUT2D eigenvalue weighted by atomic mass is 10.4. The second-order valence-corrected chi connectivity index (χ2v) is 2.93. The van der Waals surface area contributed by atoms with Gasteiger partial charge in [0, 0.05) is 6.07 Å². The quantitative estimate of drug-likeness (QED) is 0.564. The lowest BCUT2D eigenvalue weighted by Gasteiger charge is -2.04. The number of nitrogens with two attached hydrogens (primary N) is 1. The number of nitrogens with zero attached hydrogens (tertiary/aromatic N) is 2. The van der Waals surface area contributed by atoms with Crippen LogP contribution in [0.4, 0.5) is 4.79 Å². The molecule has 17 heavy (non-hydrogen) atoms. The van der Waals surface area contributed by atoms with Crippen LogP contribution < -0.4 is 16.6 Å². The molecule has 9 nitrogen and oxygen atoms in total. The number of aromatic nitrogens is 2. The Morgan fingerprint density at radius 1 is 1.41 bits per heavy atom. The van der Waals surface area contributed by atoms with Crippen molar-refractivity contribution in [3.63, 3.8) is 0 Å². The Labute approximate surface area is 93.8 Å². The highest BCUT2D eigenvalue weighted by molar-refractivity contribution is 5.93. The van der Waals surface area contributed by atoms with Gasteiger partial charge >= 0.3 is 12.0 Å². The van der Waals surface area contributed by atoms with Crippen LogP contribution in [0.5, 0.6) is 0 Å². The van der Waals surface area contributed by atoms with Crippen molar-refractivity contribution in [1.82, 2.24) is 15.1 Å². The van der Waals surface area contributed by atoms with Crippen molar-refractivity contribution in [2.24, 2.45) is 5.73 Å². The maximum Gasteiger partial charge on any atom is 0.356 e. The van der Waals surface area contributed by atoms with Crippen molar-refractivity contribution in [1.29, 1.82) is 0 Å². The fourth-order valence-corrected chi connectivity index (χ4v) is 0.989. The van der Waals surface area contributed by atoms with E-state index in [-0.39, 0.29) is 0 Å². The number of carboxylic acid groups (broad SMARTS) is 1. The zero-order valence-electron chi connectivity index (χ0n) is 8.41. The average molecular weight is 240 g/mol. The van der Waals surface area contributed by atoms with Gasteiger partial charge in [0.2, 0.25) is 5.91 Å². The summed E-state index contributed by atoms with van der Waals surface area (Å²) in [6, 6.07) is 0.888. The first kappa shape index (κ1) is 12.4. The number of aromatic carboxylic acids is 1. The van der Waals surface area contributed by atoms with Gasteiger partial charge in [0.15, 0.2) is 5.69 Å². The topological polar surface area (TPSA) is 144 Å². The van der Waals surface area contributed by atoms with E-state index in [9.17, 15) is 19.2 Å². The van der Waals surface area contributed by atoms with E-state index in [0.717, 1.165) is 12.1 Å². The second-order valence-electron chi connectivity index (χ2n) is 2.93. The van der Waals surface area contributed by atoms with E-state index in [1.165, 1.54) is 0 Å². The molecule has 0 fully saturated rings. The number of imide groups is 1. The van der Waals surface area contributed by atoms with Gasteiger partial charge in [0.1, 0.15) is 6.54 Å². The number of urea groups is 1. The summed E-state index contributed by atoms with van der Waals surface area (Å²) in [5.41, 5.74) is 3.63. The molecule has 0 saturated carbocycles. The number of hydrogen-bond donors (Lipinski definition) is 3. The zero-order chi connectivity index (χ0) is 13.0. The van der Waals surface area contributed by atoms with Crippen molar-refractivity contribution in [3.8, 4) is 0 Å². The van der Waals surface area contributed by atoms with Gasteiger partial charge in [-0.3, -0.25) is 14.9 Å². The fourth-order valence-electron chi connectivity index (χ4n) is 0.989. The number of rotatable bonds is 3. The number of nitrogens with one attached hydrogen (secondary N) is 1. The van der Waals surface area contributed by atoms with Crippen LogP contribution >= 0.6 is 0 Å². The number of carbonyl (C=O) groups excluding carboxylic acids is 2. The first-order chi connectivity index (χ1) is 7.90. The summed E-state index contributed by atoms with van der Waals surface area (Å²) < 4.78 is 0.613. The SMILES string of the molecule is NC(=O)NC(=O)Cn1nc(C(=O)O)ccc1=O. The van der Waals surface area contributed by atoms with Gasteiger partial charge in [0.05, 0.1) is 0 Å². The summed E-state index contributed by atoms with van der Waals surface area (Å²) in [4.78, 5) is 43.2. The minimum Gasteiger partial charge on any atom is -0.476 e. The summed E-state index contributed by atoms with van der Waals surface area (Å²) in [7, 11) is 0. The highest BCUT2D eigenvalue weighted by atomic mass is 16.4. The molecule has 0 spiro atoms. The highest BCUT2D eigenvalue weighted by Gasteiger charge is 2.11. The molecule has 0 aliphatic rings. The van der Waals surface area contributed by atoms with Crippen LogP contribution in [0, 0.1) is 0 Å². The van der Waals surface area contributed by atoms with E-state index in [0.29, 0.717) is 4.68 Å². The van der Waals surface area contributed by atoms with Gasteiger partial charge in [0.25, 0.3) is 5.56 Å². The monoisotopic (exact) mass is 240 g/mol. The summed E-state index contributed by atoms with van der Waals surface area (Å²) in [6.45, 7) is -0.594. The van der Waals surface area contributed by atoms with Crippen LogP contribution in [0.25, 0.3) is 0 Å². The minimum atomic E-state index is -1.34. The molecule has 1 heterocycles. The van der Waals surface area contributed by atoms with Gasteiger partial charge in [-0.05, 0) is 6.07 Å². The smallest absolute Gasteiger partial charge is 0.356 e. The molecule has 0 unspecified atom stereocenters. The van der Waals surface area contributed by atoms with Crippen molar-refractivity contribution < 1.29 is 19.5 Å². The molecule has 0 aromatic carbocycles. The third-order valence-corrected chi connectivity index (χ3v) is 1.64. The zero-order valence-corrected chi connectivity index (χ0v) is 8.41. The van der Waals surface area contributed by atoms with Crippen LogP contribution in [0.3, 0.4) is 0 Å². The van der Waals surface area contributed by atoms with Crippen molar-refractivity contribution in [3.05, 3.63) is 28.2 Å². The van der Waals surface area contributed by atoms with Crippen LogP contribution in [0.15, 0.2) is 16.9 Å². The van der Waals surface area contributed by atoms with Crippen molar-refractivity contribution >= 4 is 17.9 Å². The molecule has 90 valence electrons. The Hall–Kier alpha value is -2.71. The van der Waals surface area contributed by atoms with Crippen LogP contribution in [0.2, 0.25) is 0 Å². The molecule has 9 heteroatoms. The molecule has 0 bridgehead atoms. The molecular weight excluding hydrogens is 232 g/mol. The first-order valence-corrected chi connectivity index (χ1v) is 4.31. The molecule has 1 rings (SSSR count). The van der Waals surface area contributed by atoms with Crippen molar-refractivity contribution in [2.75, 3.05) is 0 Å². The van der Waals surface area contributed by atoms with Gasteiger partial charge < -0.3 is 10.8 Å². The van der Waals surface area contributed by atoms with Gasteiger partial charge in [-0.25, -0.2) is 14.3 Å². The highest BCUT2D eigenvalue weighted by Crippen LogP contribution is 1.89. The van der Waals surface area contributed by atoms with E-state index in [2.05, 4.69) is 5.10 Å². The van der Waals surface area contributed by atoms with E-state index in [1.54, 1.807) is 5.32 Å². The number of amides is 3. The van der Waals surface area contributed by atoms with Gasteiger partial charge in [-0.15, -0.1) is 0 Å². The van der Waals surface area contributed by atoms with E-state index >= 15 is 0 Å². The number of carboxylic acids is 1. The Bertz CT molecular complexity index is 535. The maximum absolute atomic E-state index is 11.2. The van der Waals surface area contributed by atoms with Crippen LogP contribution in [-0.4, -0.2) is 32.8 Å². The number of hydrogen-bond acceptors (Lipinski definition) is 5. The second kappa shape index (κ2) is 4.88. The normalized spacial score (nSPS) is 9.65. The predicted molar refractivity (Wildman–Crippen MR) is 53.2 cm³/mol. The Kier molecular flexibility index (Phi) is 3.55. The minimum absolute atomic E-state index is 0.392. The van der Waals surface area contributed by atoms with E-state index in [1.807, 2.05) is 0 Å². The number of primary amides is 1. The van der Waals surface area contributed by atoms with Crippen molar-refractivity contribution in [2.45, 2.75) is 6.54 Å². The lowest BCUT2D eigenvalue weighted by Crippen LogP contribution is -2.39. The number of carbonyl (C=O) groups is 3. The molecule has 1 aromatic heterocycles. The molecule has 4 N–H and O–H groups in total. The lowest BCUT2D eigenvalue weighted by molar-refractivity contribution is -0.120. The Morgan fingerprint density at radius 3 is 2.59 bits per heavy atom. The molecular formula is C8H8N4O5. The Morgan fingerprint density at radius 2 is 2.06 bits per heavy atom. The largest absolute Gasteiger partial charge is 0.476 e. The molecule has 0 atom stereocenters. The summed E-state index contributed by atoms with van der Waals surface area (Å²) in [5, 5.41) is 13.8. The average Bonchev–Trinajstić information content (AvgIpc) is 2.19. The van der Waals surface area contributed by atoms with Crippen LogP contribution in [0.1, 0.15) is 10.5 Å². The van der Waals surface area contributed by atoms with E-state index in [4.69, 9.17) is 10.8 Å². The molecule has 0 radical (unpaired) electrons. The molecule has 0 saturated heterocycles. The van der Waals surface area contributed by atoms with Gasteiger partial charge in [-0.1, -0.05) is 0 Å². The molecule has 3 amide bonds. The van der Waals surface area contributed by atoms with Gasteiger partial charge in [-0.2, -0.15) is 5.10 Å². The third kappa shape index (κ3) is 3.41. The fraction of sp³-hybridized carbons (Fsp3) is 0.125. The standard InChI is InChI=1S/C8H8N4O5/c9-8(17)10-5(13)3-12-6(14)2-1-4(11-12)7(15)16/h1-2H,3H2,(H,15,16)(H3,9,10,13,17). The molecule has 0 aliphatic heterocycles. The first-order valence-electron chi connectivity index (χ1n) is 4.31. The molecule has 0 aliphatic carbocycles. The van der Waals surface area contributed by atoms with E-state index < -0.39 is 35.7 Å². The summed E-state index contributed by atoms with van der Waals surface area (Å²) in [6.07, 6.45) is 0.